The topological polar surface area (TPSA) is 86.6 Å². The largest absolute Gasteiger partial charge is 0.506 e. The number of aromatic carboxylic acids is 1. The second kappa shape index (κ2) is 6.30. The van der Waals surface area contributed by atoms with E-state index in [9.17, 15) is 14.7 Å². The predicted molar refractivity (Wildman–Crippen MR) is 83.6 cm³/mol. The molecule has 0 spiro atoms. The Morgan fingerprint density at radius 1 is 1.00 bits per heavy atom. The summed E-state index contributed by atoms with van der Waals surface area (Å²) >= 11 is 0. The summed E-state index contributed by atoms with van der Waals surface area (Å²) in [5.41, 5.74) is 1.72. The molecule has 114 valence electrons. The number of carbonyl (C=O) groups is 2. The molecule has 0 unspecified atom stereocenters. The van der Waals surface area contributed by atoms with Crippen LogP contribution in [0.1, 0.15) is 46.0 Å². The van der Waals surface area contributed by atoms with Gasteiger partial charge >= 0.3 is 5.97 Å². The van der Waals surface area contributed by atoms with Gasteiger partial charge in [-0.05, 0) is 41.8 Å². The van der Waals surface area contributed by atoms with Gasteiger partial charge in [-0.2, -0.15) is 0 Å². The molecule has 0 heterocycles. The van der Waals surface area contributed by atoms with Crippen LogP contribution in [0.2, 0.25) is 0 Å². The molecule has 0 aromatic heterocycles. The van der Waals surface area contributed by atoms with Crippen LogP contribution in [0, 0.1) is 0 Å². The lowest BCUT2D eigenvalue weighted by atomic mass is 10.0. The molecule has 3 N–H and O–H groups in total. The SMILES string of the molecule is CC(C)c1ccc(C(=O)Nc2ccc(C(=O)O)cc2O)cc1. The third-order valence-corrected chi connectivity index (χ3v) is 3.33. The maximum Gasteiger partial charge on any atom is 0.335 e. The van der Waals surface area contributed by atoms with E-state index in [0.717, 1.165) is 11.6 Å². The molecule has 0 atom stereocenters. The second-order valence-electron chi connectivity index (χ2n) is 5.27. The monoisotopic (exact) mass is 299 g/mol. The normalized spacial score (nSPS) is 10.5. The Kier molecular flexibility index (Phi) is 4.46. The van der Waals surface area contributed by atoms with E-state index in [0.29, 0.717) is 11.5 Å². The number of carbonyl (C=O) groups excluding carboxylic acids is 1. The van der Waals surface area contributed by atoms with Crippen molar-refractivity contribution in [3.8, 4) is 5.75 Å². The summed E-state index contributed by atoms with van der Waals surface area (Å²) in [4.78, 5) is 22.9. The van der Waals surface area contributed by atoms with Crippen molar-refractivity contribution in [2.45, 2.75) is 19.8 Å². The van der Waals surface area contributed by atoms with Crippen molar-refractivity contribution in [1.29, 1.82) is 0 Å². The van der Waals surface area contributed by atoms with Crippen LogP contribution < -0.4 is 5.32 Å². The molecule has 5 nitrogen and oxygen atoms in total. The van der Waals surface area contributed by atoms with Crippen LogP contribution >= 0.6 is 0 Å². The highest BCUT2D eigenvalue weighted by molar-refractivity contribution is 6.05. The van der Waals surface area contributed by atoms with Gasteiger partial charge in [-0.1, -0.05) is 26.0 Å². The third kappa shape index (κ3) is 3.44. The Morgan fingerprint density at radius 3 is 2.09 bits per heavy atom. The highest BCUT2D eigenvalue weighted by Crippen LogP contribution is 2.25. The first kappa shape index (κ1) is 15.6. The number of nitrogens with one attached hydrogen (secondary N) is 1. The van der Waals surface area contributed by atoms with Crippen molar-refractivity contribution in [3.63, 3.8) is 0 Å². The number of phenols is 1. The van der Waals surface area contributed by atoms with E-state index in [1.54, 1.807) is 12.1 Å². The molecular weight excluding hydrogens is 282 g/mol. The van der Waals surface area contributed by atoms with E-state index in [-0.39, 0.29) is 22.9 Å². The average molecular weight is 299 g/mol. The second-order valence-corrected chi connectivity index (χ2v) is 5.27. The molecule has 2 aromatic rings. The summed E-state index contributed by atoms with van der Waals surface area (Å²) in [6.45, 7) is 4.13. The zero-order valence-corrected chi connectivity index (χ0v) is 12.3. The molecule has 22 heavy (non-hydrogen) atoms. The third-order valence-electron chi connectivity index (χ3n) is 3.33. The van der Waals surface area contributed by atoms with Crippen molar-refractivity contribution in [1.82, 2.24) is 0 Å². The molecule has 0 saturated carbocycles. The number of anilines is 1. The van der Waals surface area contributed by atoms with Crippen molar-refractivity contribution < 1.29 is 19.8 Å². The number of hydrogen-bond donors (Lipinski definition) is 3. The minimum absolute atomic E-state index is 0.0446. The van der Waals surface area contributed by atoms with E-state index in [4.69, 9.17) is 5.11 Å². The van der Waals surface area contributed by atoms with Crippen LogP contribution in [0.3, 0.4) is 0 Å². The molecule has 0 aliphatic rings. The van der Waals surface area contributed by atoms with Gasteiger partial charge in [0.2, 0.25) is 0 Å². The fourth-order valence-electron chi connectivity index (χ4n) is 1.98. The van der Waals surface area contributed by atoms with Gasteiger partial charge in [0.15, 0.2) is 0 Å². The number of rotatable bonds is 4. The van der Waals surface area contributed by atoms with Crippen molar-refractivity contribution in [2.24, 2.45) is 0 Å². The predicted octanol–water partition coefficient (Wildman–Crippen LogP) is 3.47. The molecule has 0 saturated heterocycles. The van der Waals surface area contributed by atoms with Crippen molar-refractivity contribution >= 4 is 17.6 Å². The van der Waals surface area contributed by atoms with Crippen LogP contribution in [0.5, 0.6) is 5.75 Å². The number of benzene rings is 2. The molecule has 2 aromatic carbocycles. The summed E-state index contributed by atoms with van der Waals surface area (Å²) in [5, 5.41) is 21.2. The van der Waals surface area contributed by atoms with E-state index in [1.165, 1.54) is 12.1 Å². The summed E-state index contributed by atoms with van der Waals surface area (Å²) in [5.74, 6) is -1.41. The van der Waals surface area contributed by atoms with E-state index in [2.05, 4.69) is 19.2 Å². The number of hydrogen-bond acceptors (Lipinski definition) is 3. The number of carboxylic acid groups (broad SMARTS) is 1. The number of carboxylic acids is 1. The molecule has 0 aliphatic carbocycles. The number of phenolic OH excluding ortho intramolecular Hbond substituents is 1. The maximum atomic E-state index is 12.1. The molecule has 0 radical (unpaired) electrons. The molecule has 0 bridgehead atoms. The number of aromatic hydroxyl groups is 1. The molecule has 2 rings (SSSR count). The fourth-order valence-corrected chi connectivity index (χ4v) is 1.98. The Labute approximate surface area is 128 Å². The van der Waals surface area contributed by atoms with Crippen LogP contribution in [0.25, 0.3) is 0 Å². The van der Waals surface area contributed by atoms with Gasteiger partial charge in [0, 0.05) is 5.56 Å². The Hall–Kier alpha value is -2.82. The molecule has 1 amide bonds. The Bertz CT molecular complexity index is 705. The highest BCUT2D eigenvalue weighted by Gasteiger charge is 2.12. The Balaban J connectivity index is 2.16. The molecule has 5 heteroatoms. The van der Waals surface area contributed by atoms with Gasteiger partial charge in [-0.25, -0.2) is 4.79 Å². The Morgan fingerprint density at radius 2 is 1.59 bits per heavy atom. The lowest BCUT2D eigenvalue weighted by molar-refractivity contribution is 0.0696. The van der Waals surface area contributed by atoms with Gasteiger partial charge in [-0.3, -0.25) is 4.79 Å². The lowest BCUT2D eigenvalue weighted by Gasteiger charge is -2.09. The number of amides is 1. The van der Waals surface area contributed by atoms with Gasteiger partial charge < -0.3 is 15.5 Å². The zero-order valence-electron chi connectivity index (χ0n) is 12.3. The van der Waals surface area contributed by atoms with Gasteiger partial charge in [0.25, 0.3) is 5.91 Å². The minimum atomic E-state index is -1.14. The van der Waals surface area contributed by atoms with E-state index >= 15 is 0 Å². The molecule has 0 aliphatic heterocycles. The van der Waals surface area contributed by atoms with Crippen LogP contribution in [0.15, 0.2) is 42.5 Å². The van der Waals surface area contributed by atoms with Crippen molar-refractivity contribution in [2.75, 3.05) is 5.32 Å². The quantitative estimate of drug-likeness (QED) is 0.754. The van der Waals surface area contributed by atoms with Crippen LogP contribution in [-0.4, -0.2) is 22.1 Å². The maximum absolute atomic E-state index is 12.1. The molecule has 0 fully saturated rings. The smallest absolute Gasteiger partial charge is 0.335 e. The van der Waals surface area contributed by atoms with E-state index in [1.807, 2.05) is 12.1 Å². The highest BCUT2D eigenvalue weighted by atomic mass is 16.4. The minimum Gasteiger partial charge on any atom is -0.506 e. The average Bonchev–Trinajstić information content (AvgIpc) is 2.49. The first-order chi connectivity index (χ1) is 10.4. The summed E-state index contributed by atoms with van der Waals surface area (Å²) in [7, 11) is 0. The van der Waals surface area contributed by atoms with E-state index < -0.39 is 5.97 Å². The van der Waals surface area contributed by atoms with Crippen molar-refractivity contribution in [3.05, 3.63) is 59.2 Å². The van der Waals surface area contributed by atoms with Crippen LogP contribution in [-0.2, 0) is 0 Å². The summed E-state index contributed by atoms with van der Waals surface area (Å²) in [6, 6.07) is 11.0. The van der Waals surface area contributed by atoms with Crippen LogP contribution in [0.4, 0.5) is 5.69 Å². The first-order valence-corrected chi connectivity index (χ1v) is 6.86. The molecular formula is C17H17NO4. The lowest BCUT2D eigenvalue weighted by Crippen LogP contribution is -2.12. The fraction of sp³-hybridized carbons (Fsp3) is 0.176. The van der Waals surface area contributed by atoms with Gasteiger partial charge in [0.1, 0.15) is 5.75 Å². The summed E-state index contributed by atoms with van der Waals surface area (Å²) in [6.07, 6.45) is 0. The first-order valence-electron chi connectivity index (χ1n) is 6.86. The van der Waals surface area contributed by atoms with Gasteiger partial charge in [0.05, 0.1) is 11.3 Å². The standard InChI is InChI=1S/C17H17NO4/c1-10(2)11-3-5-12(6-4-11)16(20)18-14-8-7-13(17(21)22)9-15(14)19/h3-10,19H,1-2H3,(H,18,20)(H,21,22). The zero-order chi connectivity index (χ0) is 16.3. The summed E-state index contributed by atoms with van der Waals surface area (Å²) < 4.78 is 0. The van der Waals surface area contributed by atoms with Gasteiger partial charge in [-0.15, -0.1) is 0 Å².